The van der Waals surface area contributed by atoms with Crippen molar-refractivity contribution in [3.63, 3.8) is 0 Å². The third kappa shape index (κ3) is 2.91. The van der Waals surface area contributed by atoms with Gasteiger partial charge in [0.1, 0.15) is 4.60 Å². The van der Waals surface area contributed by atoms with Gasteiger partial charge < -0.3 is 0 Å². The lowest BCUT2D eigenvalue weighted by atomic mass is 10.1. The Bertz CT molecular complexity index is 345. The van der Waals surface area contributed by atoms with Crippen LogP contribution in [0.25, 0.3) is 5.57 Å². The molecule has 0 saturated heterocycles. The summed E-state index contributed by atoms with van der Waals surface area (Å²) in [5.74, 6) is 0. The van der Waals surface area contributed by atoms with Crippen molar-refractivity contribution in [3.8, 4) is 0 Å². The van der Waals surface area contributed by atoms with Gasteiger partial charge in [-0.15, -0.1) is 0 Å². The fraction of sp³-hybridized carbons (Fsp3) is 0.455. The van der Waals surface area contributed by atoms with Crippen molar-refractivity contribution in [3.05, 3.63) is 28.3 Å². The first-order valence-corrected chi connectivity index (χ1v) is 5.60. The van der Waals surface area contributed by atoms with Gasteiger partial charge in [0.2, 0.25) is 0 Å². The lowest BCUT2D eigenvalue weighted by Crippen LogP contribution is -1.95. The molecule has 0 bridgehead atoms. The lowest BCUT2D eigenvalue weighted by Gasteiger charge is -2.04. The van der Waals surface area contributed by atoms with E-state index < -0.39 is 0 Å². The largest absolute Gasteiger partial charge is 0.257 e. The molecule has 1 aromatic rings. The highest BCUT2D eigenvalue weighted by atomic mass is 79.9. The normalized spacial score (nSPS) is 11.9. The summed E-state index contributed by atoms with van der Waals surface area (Å²) in [6, 6.07) is 0. The molecule has 0 aliphatic carbocycles. The van der Waals surface area contributed by atoms with Crippen LogP contribution in [0.4, 0.5) is 0 Å². The molecule has 0 saturated carbocycles. The minimum Gasteiger partial charge on any atom is -0.257 e. The van der Waals surface area contributed by atoms with Crippen molar-refractivity contribution < 1.29 is 0 Å². The van der Waals surface area contributed by atoms with Crippen molar-refractivity contribution in [2.75, 3.05) is 0 Å². The summed E-state index contributed by atoms with van der Waals surface area (Å²) >= 11 is 3.33. The molecule has 0 N–H and O–H groups in total. The highest BCUT2D eigenvalue weighted by molar-refractivity contribution is 9.10. The van der Waals surface area contributed by atoms with Crippen LogP contribution in [0.15, 0.2) is 16.9 Å². The second-order valence-corrected chi connectivity index (χ2v) is 4.12. The van der Waals surface area contributed by atoms with E-state index in [9.17, 15) is 0 Å². The van der Waals surface area contributed by atoms with Crippen LogP contribution in [0.1, 0.15) is 38.1 Å². The summed E-state index contributed by atoms with van der Waals surface area (Å²) in [4.78, 5) is 8.67. The van der Waals surface area contributed by atoms with Gasteiger partial charge in [-0.25, -0.2) is 4.98 Å². The predicted octanol–water partition coefficient (Wildman–Crippen LogP) is 3.75. The van der Waals surface area contributed by atoms with Gasteiger partial charge in [0.25, 0.3) is 0 Å². The zero-order chi connectivity index (χ0) is 10.6. The molecule has 3 heteroatoms. The van der Waals surface area contributed by atoms with E-state index in [1.165, 1.54) is 5.57 Å². The predicted molar refractivity (Wildman–Crippen MR) is 63.0 cm³/mol. The maximum Gasteiger partial charge on any atom is 0.125 e. The molecular formula is C11H15BrN2. The average Bonchev–Trinajstić information content (AvgIpc) is 2.18. The van der Waals surface area contributed by atoms with E-state index in [0.29, 0.717) is 0 Å². The van der Waals surface area contributed by atoms with Crippen molar-refractivity contribution in [2.24, 2.45) is 0 Å². The summed E-state index contributed by atoms with van der Waals surface area (Å²) in [6.45, 7) is 6.24. The number of rotatable bonds is 3. The highest BCUT2D eigenvalue weighted by Crippen LogP contribution is 2.17. The molecule has 0 aromatic carbocycles. The van der Waals surface area contributed by atoms with E-state index in [1.807, 2.05) is 6.92 Å². The summed E-state index contributed by atoms with van der Waals surface area (Å²) in [5.41, 5.74) is 3.18. The zero-order valence-electron chi connectivity index (χ0n) is 8.84. The Hall–Kier alpha value is -0.700. The molecular weight excluding hydrogens is 240 g/mol. The van der Waals surface area contributed by atoms with E-state index in [1.54, 1.807) is 6.20 Å². The molecule has 0 amide bonds. The van der Waals surface area contributed by atoms with Gasteiger partial charge in [0.05, 0.1) is 17.6 Å². The van der Waals surface area contributed by atoms with Crippen LogP contribution in [0, 0.1) is 6.92 Å². The Labute approximate surface area is 93.6 Å². The molecule has 1 heterocycles. The minimum atomic E-state index is 0.794. The molecule has 1 rings (SSSR count). The van der Waals surface area contributed by atoms with Crippen molar-refractivity contribution in [2.45, 2.75) is 33.6 Å². The Morgan fingerprint density at radius 1 is 1.57 bits per heavy atom. The van der Waals surface area contributed by atoms with Gasteiger partial charge >= 0.3 is 0 Å². The van der Waals surface area contributed by atoms with Crippen molar-refractivity contribution >= 4 is 21.5 Å². The highest BCUT2D eigenvalue weighted by Gasteiger charge is 2.03. The van der Waals surface area contributed by atoms with Crippen molar-refractivity contribution in [1.29, 1.82) is 0 Å². The molecule has 14 heavy (non-hydrogen) atoms. The Morgan fingerprint density at radius 2 is 2.29 bits per heavy atom. The van der Waals surface area contributed by atoms with Crippen LogP contribution in [-0.4, -0.2) is 9.97 Å². The third-order valence-electron chi connectivity index (χ3n) is 2.04. The molecule has 0 fully saturated rings. The molecule has 0 unspecified atom stereocenters. The van der Waals surface area contributed by atoms with Crippen LogP contribution in [0.3, 0.4) is 0 Å². The van der Waals surface area contributed by atoms with E-state index in [0.717, 1.165) is 28.8 Å². The topological polar surface area (TPSA) is 25.8 Å². The molecule has 1 aromatic heterocycles. The number of halogens is 1. The maximum atomic E-state index is 4.41. The molecule has 0 aliphatic heterocycles. The minimum absolute atomic E-state index is 0.794. The van der Waals surface area contributed by atoms with Gasteiger partial charge in [0.15, 0.2) is 0 Å². The lowest BCUT2D eigenvalue weighted by molar-refractivity contribution is 0.955. The summed E-state index contributed by atoms with van der Waals surface area (Å²) in [5, 5.41) is 0. The summed E-state index contributed by atoms with van der Waals surface area (Å²) in [7, 11) is 0. The first-order valence-electron chi connectivity index (χ1n) is 4.81. The average molecular weight is 255 g/mol. The summed E-state index contributed by atoms with van der Waals surface area (Å²) < 4.78 is 0.794. The van der Waals surface area contributed by atoms with Gasteiger partial charge in [0, 0.05) is 0 Å². The molecule has 0 spiro atoms. The number of aromatic nitrogens is 2. The summed E-state index contributed by atoms with van der Waals surface area (Å²) in [6.07, 6.45) is 6.20. The quantitative estimate of drug-likeness (QED) is 0.821. The Morgan fingerprint density at radius 3 is 2.93 bits per heavy atom. The molecule has 0 radical (unpaired) electrons. The van der Waals surface area contributed by atoms with Gasteiger partial charge in [-0.1, -0.05) is 19.4 Å². The molecule has 0 aliphatic rings. The van der Waals surface area contributed by atoms with Gasteiger partial charge in [-0.3, -0.25) is 4.98 Å². The third-order valence-corrected chi connectivity index (χ3v) is 2.42. The van der Waals surface area contributed by atoms with Crippen LogP contribution in [-0.2, 0) is 0 Å². The van der Waals surface area contributed by atoms with Gasteiger partial charge in [-0.05, 0) is 41.8 Å². The first-order chi connectivity index (χ1) is 6.65. The van der Waals surface area contributed by atoms with Crippen LogP contribution < -0.4 is 0 Å². The van der Waals surface area contributed by atoms with E-state index in [2.05, 4.69) is 45.8 Å². The zero-order valence-corrected chi connectivity index (χ0v) is 10.4. The van der Waals surface area contributed by atoms with Gasteiger partial charge in [-0.2, -0.15) is 0 Å². The van der Waals surface area contributed by atoms with Crippen molar-refractivity contribution in [1.82, 2.24) is 9.97 Å². The molecule has 76 valence electrons. The number of hydrogen-bond donors (Lipinski definition) is 0. The van der Waals surface area contributed by atoms with E-state index in [-0.39, 0.29) is 0 Å². The number of nitrogens with zero attached hydrogens (tertiary/aromatic N) is 2. The second-order valence-electron chi connectivity index (χ2n) is 3.30. The van der Waals surface area contributed by atoms with Crippen LogP contribution >= 0.6 is 15.9 Å². The van der Waals surface area contributed by atoms with Crippen LogP contribution in [0.5, 0.6) is 0 Å². The monoisotopic (exact) mass is 254 g/mol. The molecule has 2 nitrogen and oxygen atoms in total. The molecule has 0 atom stereocenters. The van der Waals surface area contributed by atoms with Crippen LogP contribution in [0.2, 0.25) is 0 Å². The fourth-order valence-electron chi connectivity index (χ4n) is 1.26. The maximum absolute atomic E-state index is 4.41. The SMILES string of the molecule is CCC/C=C(/C)c1nc(Br)cnc1C. The number of aryl methyl sites for hydroxylation is 1. The fourth-order valence-corrected chi connectivity index (χ4v) is 1.54. The number of allylic oxidation sites excluding steroid dienone is 2. The second kappa shape index (κ2) is 5.25. The number of hydrogen-bond acceptors (Lipinski definition) is 2. The van der Waals surface area contributed by atoms with E-state index in [4.69, 9.17) is 0 Å². The Kier molecular flexibility index (Phi) is 4.26. The number of unbranched alkanes of at least 4 members (excludes halogenated alkanes) is 1. The first kappa shape index (κ1) is 11.4. The standard InChI is InChI=1S/C11H15BrN2/c1-4-5-6-8(2)11-9(3)13-7-10(12)14-11/h6-7H,4-5H2,1-3H3/b8-6-. The smallest absolute Gasteiger partial charge is 0.125 e. The van der Waals surface area contributed by atoms with E-state index >= 15 is 0 Å². The Balaban J connectivity index is 2.99.